The average molecular weight is 140 g/mol. The van der Waals surface area contributed by atoms with Crippen LogP contribution in [0.2, 0.25) is 0 Å². The lowest BCUT2D eigenvalue weighted by molar-refractivity contribution is -0.0300. The van der Waals surface area contributed by atoms with Gasteiger partial charge in [0.25, 0.3) is 0 Å². The summed E-state index contributed by atoms with van der Waals surface area (Å²) in [6, 6.07) is 1.23. The second kappa shape index (κ2) is 1.95. The number of nitrogens with two attached hydrogens (primary N) is 1. The molecule has 58 valence electrons. The molecule has 1 aliphatic carbocycles. The molecular formula is C8H16N2. The fraction of sp³-hybridized carbons (Fsp3) is 1.00. The van der Waals surface area contributed by atoms with Crippen LogP contribution in [0.5, 0.6) is 0 Å². The predicted octanol–water partition coefficient (Wildman–Crippen LogP) is 0.476. The van der Waals surface area contributed by atoms with Crippen LogP contribution in [0.3, 0.4) is 0 Å². The molecule has 1 heterocycles. The van der Waals surface area contributed by atoms with E-state index in [4.69, 9.17) is 5.73 Å². The molecule has 2 aliphatic rings. The van der Waals surface area contributed by atoms with Gasteiger partial charge in [-0.3, -0.25) is 0 Å². The lowest BCUT2D eigenvalue weighted by Gasteiger charge is -2.60. The molecule has 2 nitrogen and oxygen atoms in total. The van der Waals surface area contributed by atoms with Gasteiger partial charge in [-0.25, -0.2) is 0 Å². The van der Waals surface area contributed by atoms with Crippen molar-refractivity contribution in [3.8, 4) is 0 Å². The van der Waals surface area contributed by atoms with Crippen molar-refractivity contribution in [2.24, 2.45) is 11.1 Å². The van der Waals surface area contributed by atoms with Gasteiger partial charge in [-0.15, -0.1) is 0 Å². The van der Waals surface area contributed by atoms with Gasteiger partial charge in [-0.05, 0) is 19.3 Å². The van der Waals surface area contributed by atoms with Gasteiger partial charge in [0.05, 0.1) is 0 Å². The molecule has 0 bridgehead atoms. The molecule has 1 saturated heterocycles. The summed E-state index contributed by atoms with van der Waals surface area (Å²) in [6.45, 7) is 3.41. The van der Waals surface area contributed by atoms with Crippen LogP contribution in [-0.2, 0) is 0 Å². The number of hydrogen-bond acceptors (Lipinski definition) is 2. The standard InChI is InChI=1S/C8H16N2/c1-2-7-8(5-10-7)4-3-6(8)9/h6-7,10H,2-5,9H2,1H3/t6?,7?,8-/m0/s1. The summed E-state index contributed by atoms with van der Waals surface area (Å²) >= 11 is 0. The van der Waals surface area contributed by atoms with E-state index in [-0.39, 0.29) is 0 Å². The summed E-state index contributed by atoms with van der Waals surface area (Å²) in [5.41, 5.74) is 6.48. The topological polar surface area (TPSA) is 38.0 Å². The minimum absolute atomic E-state index is 0.499. The maximum Gasteiger partial charge on any atom is 0.0148 e. The molecule has 0 aromatic carbocycles. The van der Waals surface area contributed by atoms with Crippen LogP contribution in [0.4, 0.5) is 0 Å². The van der Waals surface area contributed by atoms with Crippen LogP contribution in [-0.4, -0.2) is 18.6 Å². The molecule has 2 rings (SSSR count). The Morgan fingerprint density at radius 3 is 2.60 bits per heavy atom. The Kier molecular flexibility index (Phi) is 1.29. The Balaban J connectivity index is 2.03. The highest BCUT2D eigenvalue weighted by atomic mass is 15.1. The van der Waals surface area contributed by atoms with Crippen LogP contribution < -0.4 is 11.1 Å². The normalized spacial score (nSPS) is 52.2. The van der Waals surface area contributed by atoms with Gasteiger partial charge in [0.2, 0.25) is 0 Å². The third-order valence-electron chi connectivity index (χ3n) is 3.44. The Bertz CT molecular complexity index is 140. The maximum atomic E-state index is 5.94. The van der Waals surface area contributed by atoms with E-state index in [9.17, 15) is 0 Å². The molecule has 2 unspecified atom stereocenters. The zero-order valence-corrected chi connectivity index (χ0v) is 6.56. The third-order valence-corrected chi connectivity index (χ3v) is 3.44. The van der Waals surface area contributed by atoms with Crippen molar-refractivity contribution in [2.75, 3.05) is 6.54 Å². The first-order valence-electron chi connectivity index (χ1n) is 4.28. The summed E-state index contributed by atoms with van der Waals surface area (Å²) in [5.74, 6) is 0. The van der Waals surface area contributed by atoms with Crippen molar-refractivity contribution in [2.45, 2.75) is 38.3 Å². The molecule has 3 N–H and O–H groups in total. The molecule has 1 aliphatic heterocycles. The highest BCUT2D eigenvalue weighted by molar-refractivity contribution is 5.12. The number of rotatable bonds is 1. The van der Waals surface area contributed by atoms with Gasteiger partial charge in [-0.1, -0.05) is 6.92 Å². The van der Waals surface area contributed by atoms with E-state index in [1.165, 1.54) is 25.8 Å². The first kappa shape index (κ1) is 6.62. The summed E-state index contributed by atoms with van der Waals surface area (Å²) < 4.78 is 0. The van der Waals surface area contributed by atoms with Gasteiger partial charge < -0.3 is 11.1 Å². The molecule has 10 heavy (non-hydrogen) atoms. The van der Waals surface area contributed by atoms with Crippen LogP contribution in [0.15, 0.2) is 0 Å². The second-order valence-corrected chi connectivity index (χ2v) is 3.72. The van der Waals surface area contributed by atoms with Crippen LogP contribution >= 0.6 is 0 Å². The van der Waals surface area contributed by atoms with Gasteiger partial charge in [0.15, 0.2) is 0 Å². The third kappa shape index (κ3) is 0.565. The number of hydrogen-bond donors (Lipinski definition) is 2. The zero-order valence-electron chi connectivity index (χ0n) is 6.56. The summed E-state index contributed by atoms with van der Waals surface area (Å²) in [5, 5.41) is 3.44. The van der Waals surface area contributed by atoms with E-state index >= 15 is 0 Å². The van der Waals surface area contributed by atoms with Crippen LogP contribution in [0.25, 0.3) is 0 Å². The highest BCUT2D eigenvalue weighted by Gasteiger charge is 2.54. The molecule has 0 aromatic heterocycles. The zero-order chi connectivity index (χ0) is 7.19. The molecule has 0 radical (unpaired) electrons. The molecule has 2 fully saturated rings. The first-order chi connectivity index (χ1) is 4.79. The lowest BCUT2D eigenvalue weighted by Crippen LogP contribution is -2.73. The molecular weight excluding hydrogens is 124 g/mol. The molecule has 0 amide bonds. The largest absolute Gasteiger partial charge is 0.327 e. The fourth-order valence-electron chi connectivity index (χ4n) is 2.39. The Morgan fingerprint density at radius 2 is 2.50 bits per heavy atom. The highest BCUT2D eigenvalue weighted by Crippen LogP contribution is 2.48. The number of nitrogens with one attached hydrogen (secondary N) is 1. The smallest absolute Gasteiger partial charge is 0.0148 e. The maximum absolute atomic E-state index is 5.94. The summed E-state index contributed by atoms with van der Waals surface area (Å²) in [6.07, 6.45) is 3.85. The lowest BCUT2D eigenvalue weighted by atomic mass is 9.55. The van der Waals surface area contributed by atoms with Crippen molar-refractivity contribution < 1.29 is 0 Å². The molecule has 2 heteroatoms. The molecule has 0 aromatic rings. The van der Waals surface area contributed by atoms with Gasteiger partial charge in [-0.2, -0.15) is 0 Å². The van der Waals surface area contributed by atoms with Crippen LogP contribution in [0, 0.1) is 5.41 Å². The van der Waals surface area contributed by atoms with E-state index in [1.54, 1.807) is 0 Å². The second-order valence-electron chi connectivity index (χ2n) is 3.72. The van der Waals surface area contributed by atoms with Crippen molar-refractivity contribution in [1.82, 2.24) is 5.32 Å². The fourth-order valence-corrected chi connectivity index (χ4v) is 2.39. The van der Waals surface area contributed by atoms with E-state index < -0.39 is 0 Å². The monoisotopic (exact) mass is 140 g/mol. The molecule has 1 saturated carbocycles. The minimum Gasteiger partial charge on any atom is -0.327 e. The van der Waals surface area contributed by atoms with Crippen LogP contribution in [0.1, 0.15) is 26.2 Å². The Labute approximate surface area is 62.2 Å². The van der Waals surface area contributed by atoms with Gasteiger partial charge >= 0.3 is 0 Å². The van der Waals surface area contributed by atoms with E-state index in [0.717, 1.165) is 6.04 Å². The predicted molar refractivity (Wildman–Crippen MR) is 41.7 cm³/mol. The quantitative estimate of drug-likeness (QED) is 0.556. The first-order valence-corrected chi connectivity index (χ1v) is 4.28. The van der Waals surface area contributed by atoms with Crippen molar-refractivity contribution in [1.29, 1.82) is 0 Å². The Morgan fingerprint density at radius 1 is 1.70 bits per heavy atom. The summed E-state index contributed by atoms with van der Waals surface area (Å²) in [4.78, 5) is 0. The SMILES string of the molecule is CCC1NC[C@]12CCC2N. The molecule has 1 spiro atoms. The van der Waals surface area contributed by atoms with E-state index in [2.05, 4.69) is 12.2 Å². The van der Waals surface area contributed by atoms with Gasteiger partial charge in [0.1, 0.15) is 0 Å². The van der Waals surface area contributed by atoms with E-state index in [1.807, 2.05) is 0 Å². The Hall–Kier alpha value is -0.0800. The van der Waals surface area contributed by atoms with Crippen molar-refractivity contribution in [3.63, 3.8) is 0 Å². The van der Waals surface area contributed by atoms with E-state index in [0.29, 0.717) is 11.5 Å². The molecule has 3 atom stereocenters. The average Bonchev–Trinajstić information content (AvgIpc) is 1.84. The van der Waals surface area contributed by atoms with Crippen molar-refractivity contribution in [3.05, 3.63) is 0 Å². The summed E-state index contributed by atoms with van der Waals surface area (Å²) in [7, 11) is 0. The van der Waals surface area contributed by atoms with Crippen molar-refractivity contribution >= 4 is 0 Å². The van der Waals surface area contributed by atoms with Gasteiger partial charge in [0, 0.05) is 24.0 Å². The minimum atomic E-state index is 0.499.